The summed E-state index contributed by atoms with van der Waals surface area (Å²) in [4.78, 5) is 15.0. The van der Waals surface area contributed by atoms with Gasteiger partial charge in [0, 0.05) is 28.0 Å². The van der Waals surface area contributed by atoms with Crippen molar-refractivity contribution in [3.05, 3.63) is 38.5 Å². The van der Waals surface area contributed by atoms with E-state index in [1.165, 1.54) is 22.6 Å². The summed E-state index contributed by atoms with van der Waals surface area (Å²) in [5.74, 6) is 0. The van der Waals surface area contributed by atoms with Gasteiger partial charge >= 0.3 is 6.03 Å². The first kappa shape index (κ1) is 19.4. The zero-order valence-corrected chi connectivity index (χ0v) is 16.9. The van der Waals surface area contributed by atoms with E-state index in [-0.39, 0.29) is 6.03 Å². The molecule has 2 rings (SSSR count). The summed E-state index contributed by atoms with van der Waals surface area (Å²) in [5, 5.41) is 6.46. The summed E-state index contributed by atoms with van der Waals surface area (Å²) >= 11 is 20.1. The maximum Gasteiger partial charge on any atom is 0.344 e. The smallest absolute Gasteiger partial charge is 0.323 e. The summed E-state index contributed by atoms with van der Waals surface area (Å²) in [6.45, 7) is 8.89. The van der Waals surface area contributed by atoms with Crippen molar-refractivity contribution in [3.8, 4) is 0 Å². The first-order chi connectivity index (χ1) is 11.3. The van der Waals surface area contributed by atoms with Gasteiger partial charge < -0.3 is 4.90 Å². The number of rotatable bonds is 4. The van der Waals surface area contributed by atoms with Crippen molar-refractivity contribution < 1.29 is 4.79 Å². The van der Waals surface area contributed by atoms with Crippen LogP contribution >= 0.6 is 46.6 Å². The molecule has 0 aliphatic carbocycles. The van der Waals surface area contributed by atoms with Gasteiger partial charge in [-0.15, -0.1) is 0 Å². The van der Waals surface area contributed by atoms with Crippen LogP contribution in [0, 0.1) is 13.8 Å². The van der Waals surface area contributed by atoms with Gasteiger partial charge in [-0.25, -0.2) is 4.79 Å². The van der Waals surface area contributed by atoms with E-state index >= 15 is 0 Å². The zero-order chi connectivity index (χ0) is 18.0. The Morgan fingerprint density at radius 2 is 1.67 bits per heavy atom. The molecule has 1 heterocycles. The number of aromatic nitrogens is 2. The lowest BCUT2D eigenvalue weighted by Gasteiger charge is -2.17. The van der Waals surface area contributed by atoms with Gasteiger partial charge in [-0.3, -0.25) is 0 Å². The molecular weight excluding hydrogens is 389 g/mol. The third-order valence-corrected chi connectivity index (χ3v) is 6.20. The topological polar surface area (TPSA) is 38.1 Å². The summed E-state index contributed by atoms with van der Waals surface area (Å²) < 4.78 is 1.27. The molecule has 0 bridgehead atoms. The molecule has 4 nitrogen and oxygen atoms in total. The number of hydrogen-bond acceptors (Lipinski definition) is 3. The van der Waals surface area contributed by atoms with Crippen LogP contribution in [-0.2, 0) is 0 Å². The molecule has 0 atom stereocenters. The molecule has 1 aromatic carbocycles. The van der Waals surface area contributed by atoms with Crippen molar-refractivity contribution in [2.24, 2.45) is 0 Å². The monoisotopic (exact) mass is 405 g/mol. The molecule has 24 heavy (non-hydrogen) atoms. The van der Waals surface area contributed by atoms with Crippen molar-refractivity contribution in [1.29, 1.82) is 0 Å². The summed E-state index contributed by atoms with van der Waals surface area (Å²) in [6.07, 6.45) is 1.53. The molecule has 0 aliphatic heterocycles. The third kappa shape index (κ3) is 3.85. The van der Waals surface area contributed by atoms with E-state index < -0.39 is 0 Å². The quantitative estimate of drug-likeness (QED) is 0.632. The highest BCUT2D eigenvalue weighted by atomic mass is 35.5. The van der Waals surface area contributed by atoms with Gasteiger partial charge in [-0.1, -0.05) is 46.6 Å². The Hall–Kier alpha value is -0.880. The first-order valence-corrected chi connectivity index (χ1v) is 9.42. The van der Waals surface area contributed by atoms with E-state index in [2.05, 4.69) is 5.10 Å². The number of carbonyl (C=O) groups is 1. The third-order valence-electron chi connectivity index (χ3n) is 3.72. The fourth-order valence-corrected chi connectivity index (χ4v) is 4.04. The minimum Gasteiger partial charge on any atom is -0.323 e. The molecule has 1 amide bonds. The highest BCUT2D eigenvalue weighted by Crippen LogP contribution is 2.40. The van der Waals surface area contributed by atoms with E-state index in [0.717, 1.165) is 16.0 Å². The van der Waals surface area contributed by atoms with Gasteiger partial charge in [0.25, 0.3) is 0 Å². The first-order valence-electron chi connectivity index (χ1n) is 7.47. The van der Waals surface area contributed by atoms with E-state index in [1.54, 1.807) is 11.0 Å². The van der Waals surface area contributed by atoms with Crippen LogP contribution in [0.1, 0.15) is 25.0 Å². The van der Waals surface area contributed by atoms with E-state index in [1.807, 2.05) is 27.7 Å². The molecular formula is C16H18Cl3N3OS. The normalized spacial score (nSPS) is 11.0. The minimum atomic E-state index is -0.202. The van der Waals surface area contributed by atoms with Crippen molar-refractivity contribution in [2.45, 2.75) is 37.6 Å². The second-order valence-electron chi connectivity index (χ2n) is 5.20. The van der Waals surface area contributed by atoms with Crippen LogP contribution in [0.2, 0.25) is 15.1 Å². The van der Waals surface area contributed by atoms with Crippen LogP contribution in [0.3, 0.4) is 0 Å². The summed E-state index contributed by atoms with van der Waals surface area (Å²) in [6, 6.07) is 1.52. The Bertz CT molecular complexity index is 746. The van der Waals surface area contributed by atoms with Crippen LogP contribution < -0.4 is 0 Å². The summed E-state index contributed by atoms with van der Waals surface area (Å²) in [5.41, 5.74) is 1.81. The highest BCUT2D eigenvalue weighted by Gasteiger charge is 2.19. The van der Waals surface area contributed by atoms with Crippen LogP contribution in [0.4, 0.5) is 4.79 Å². The summed E-state index contributed by atoms with van der Waals surface area (Å²) in [7, 11) is 0. The highest BCUT2D eigenvalue weighted by molar-refractivity contribution is 7.99. The van der Waals surface area contributed by atoms with Crippen LogP contribution in [0.25, 0.3) is 0 Å². The number of hydrogen-bond donors (Lipinski definition) is 0. The Balaban J connectivity index is 2.38. The van der Waals surface area contributed by atoms with Crippen molar-refractivity contribution in [3.63, 3.8) is 0 Å². The Morgan fingerprint density at radius 1 is 1.12 bits per heavy atom. The number of nitrogens with zero attached hydrogens (tertiary/aromatic N) is 3. The van der Waals surface area contributed by atoms with E-state index in [0.29, 0.717) is 33.2 Å². The predicted octanol–water partition coefficient (Wildman–Crippen LogP) is 5.92. The molecule has 2 aromatic rings. The van der Waals surface area contributed by atoms with Crippen LogP contribution in [0.15, 0.2) is 22.2 Å². The SMILES string of the molecule is CCN(CC)C(=O)n1cc(Cl)c(Sc2c(C)c(Cl)cc(Cl)c2C)n1. The van der Waals surface area contributed by atoms with Gasteiger partial charge in [0.2, 0.25) is 0 Å². The van der Waals surface area contributed by atoms with E-state index in [9.17, 15) is 4.79 Å². The van der Waals surface area contributed by atoms with Gasteiger partial charge in [-0.05, 0) is 44.9 Å². The lowest BCUT2D eigenvalue weighted by molar-refractivity contribution is 0.201. The van der Waals surface area contributed by atoms with Crippen molar-refractivity contribution in [2.75, 3.05) is 13.1 Å². The molecule has 0 unspecified atom stereocenters. The second-order valence-corrected chi connectivity index (χ2v) is 7.42. The number of halogens is 3. The van der Waals surface area contributed by atoms with Gasteiger partial charge in [-0.2, -0.15) is 9.78 Å². The Labute approximate surface area is 161 Å². The maximum atomic E-state index is 12.4. The predicted molar refractivity (Wildman–Crippen MR) is 101 cm³/mol. The molecule has 130 valence electrons. The molecule has 0 saturated carbocycles. The fraction of sp³-hybridized carbons (Fsp3) is 0.375. The molecule has 0 fully saturated rings. The lowest BCUT2D eigenvalue weighted by Crippen LogP contribution is -2.34. The molecule has 1 aromatic heterocycles. The minimum absolute atomic E-state index is 0.202. The van der Waals surface area contributed by atoms with Crippen molar-refractivity contribution >= 4 is 52.6 Å². The van der Waals surface area contributed by atoms with Gasteiger partial charge in [0.1, 0.15) is 5.03 Å². The largest absolute Gasteiger partial charge is 0.344 e. The van der Waals surface area contributed by atoms with Gasteiger partial charge in [0.05, 0.1) is 11.2 Å². The van der Waals surface area contributed by atoms with Crippen LogP contribution in [-0.4, -0.2) is 33.8 Å². The second kappa shape index (κ2) is 8.00. The molecule has 0 N–H and O–H groups in total. The lowest BCUT2D eigenvalue weighted by atomic mass is 10.1. The number of benzene rings is 1. The Morgan fingerprint density at radius 3 is 2.17 bits per heavy atom. The molecule has 0 saturated heterocycles. The number of carbonyl (C=O) groups excluding carboxylic acids is 1. The molecule has 0 aliphatic rings. The van der Waals surface area contributed by atoms with E-state index in [4.69, 9.17) is 34.8 Å². The molecule has 0 spiro atoms. The van der Waals surface area contributed by atoms with Crippen LogP contribution in [0.5, 0.6) is 0 Å². The average molecular weight is 407 g/mol. The zero-order valence-electron chi connectivity index (χ0n) is 13.9. The average Bonchev–Trinajstić information content (AvgIpc) is 2.91. The maximum absolute atomic E-state index is 12.4. The number of amides is 1. The molecule has 0 radical (unpaired) electrons. The fourth-order valence-electron chi connectivity index (χ4n) is 2.22. The van der Waals surface area contributed by atoms with Gasteiger partial charge in [0.15, 0.2) is 0 Å². The van der Waals surface area contributed by atoms with Crippen molar-refractivity contribution in [1.82, 2.24) is 14.7 Å². The standard InChI is InChI=1S/C16H18Cl3N3OS/c1-5-21(6-2)16(23)22-8-13(19)15(20-22)24-14-9(3)11(17)7-12(18)10(14)4/h7-8H,5-6H2,1-4H3. The Kier molecular flexibility index (Phi) is 6.48. The molecule has 8 heteroatoms.